The Labute approximate surface area is 378 Å². The van der Waals surface area contributed by atoms with Crippen molar-refractivity contribution in [3.63, 3.8) is 0 Å². The highest BCUT2D eigenvalue weighted by Crippen LogP contribution is 2.44. The molecule has 3 aromatic carbocycles. The van der Waals surface area contributed by atoms with Gasteiger partial charge in [-0.15, -0.1) is 0 Å². The molecule has 2 saturated heterocycles. The van der Waals surface area contributed by atoms with Gasteiger partial charge >= 0.3 is 0 Å². The first-order valence-corrected chi connectivity index (χ1v) is 23.8. The Balaban J connectivity index is 0.936. The van der Waals surface area contributed by atoms with Gasteiger partial charge in [-0.1, -0.05) is 57.0 Å². The molecule has 16 heteroatoms. The molecule has 0 spiro atoms. The van der Waals surface area contributed by atoms with E-state index in [4.69, 9.17) is 21.1 Å². The summed E-state index contributed by atoms with van der Waals surface area (Å²) in [5, 5.41) is 13.9. The summed E-state index contributed by atoms with van der Waals surface area (Å²) in [4.78, 5) is 39.9. The van der Waals surface area contributed by atoms with E-state index in [1.807, 2.05) is 18.2 Å². The minimum absolute atomic E-state index is 0.0175. The maximum Gasteiger partial charge on any atom is 0.277 e. The summed E-state index contributed by atoms with van der Waals surface area (Å²) >= 11 is 6.25. The topological polar surface area (TPSA) is 163 Å². The molecule has 2 fully saturated rings. The molecule has 9 rings (SSSR count). The number of pyridine rings is 1. The van der Waals surface area contributed by atoms with Gasteiger partial charge in [-0.2, -0.15) is 0 Å². The number of aromatic nitrogens is 2. The number of nitrogens with one attached hydrogen (secondary N) is 2. The van der Waals surface area contributed by atoms with E-state index in [1.165, 1.54) is 29.0 Å². The van der Waals surface area contributed by atoms with Crippen LogP contribution in [0.4, 0.5) is 11.4 Å². The molecule has 64 heavy (non-hydrogen) atoms. The summed E-state index contributed by atoms with van der Waals surface area (Å²) in [6, 6.07) is 19.2. The summed E-state index contributed by atoms with van der Waals surface area (Å²) in [6.07, 6.45) is 6.87. The number of carbonyl (C=O) groups is 1. The summed E-state index contributed by atoms with van der Waals surface area (Å²) in [5.41, 5.74) is 6.00. The van der Waals surface area contributed by atoms with Crippen molar-refractivity contribution in [2.24, 2.45) is 16.7 Å². The summed E-state index contributed by atoms with van der Waals surface area (Å²) in [6.45, 7) is 15.9. The number of hydrogen-bond donors (Lipinski definition) is 2. The molecule has 0 radical (unpaired) electrons. The first-order valence-electron chi connectivity index (χ1n) is 21.9. The highest BCUT2D eigenvalue weighted by molar-refractivity contribution is 7.90. The molecule has 1 amide bonds. The minimum Gasteiger partial charge on any atom is -0.493 e. The second-order valence-electron chi connectivity index (χ2n) is 19.4. The standard InChI is InChI=1S/C48H54ClN7O7S/c1-47(2)13-11-34(41(24-47)32-5-7-35(49)8-6-32)27-53-15-17-55(18-16-53)36-9-10-39(44(21-36)63-37-20-33-12-14-50-45(33)51-25-37)46(57)52-64(60,61)38-22-42(56(58)59)40-19-31(28-62-43(40)23-38)26-54-29-48(3,4)30-54/h5-10,12,14,20-23,25,31H,11,13,15-19,24,26-30H2,1-4H3,(H,50,51)(H,52,57)/t31-/m1/s1. The minimum atomic E-state index is -4.62. The van der Waals surface area contributed by atoms with Gasteiger partial charge in [0.2, 0.25) is 0 Å². The maximum atomic E-state index is 14.1. The number of nitro benzene ring substituents is 1. The number of amides is 1. The van der Waals surface area contributed by atoms with E-state index in [1.54, 1.807) is 30.5 Å². The van der Waals surface area contributed by atoms with Crippen molar-refractivity contribution in [1.29, 1.82) is 0 Å². The zero-order chi connectivity index (χ0) is 45.0. The molecular formula is C48H54ClN7O7S. The van der Waals surface area contributed by atoms with Gasteiger partial charge in [0, 0.05) is 98.8 Å². The van der Waals surface area contributed by atoms with E-state index in [0.717, 1.165) is 93.8 Å². The molecule has 5 heterocycles. The molecule has 3 aliphatic heterocycles. The third kappa shape index (κ3) is 9.49. The number of hydrogen-bond acceptors (Lipinski definition) is 11. The van der Waals surface area contributed by atoms with Crippen molar-refractivity contribution in [3.05, 3.63) is 117 Å². The van der Waals surface area contributed by atoms with Crippen LogP contribution in [-0.2, 0) is 16.4 Å². The fourth-order valence-electron chi connectivity index (χ4n) is 9.81. The highest BCUT2D eigenvalue weighted by Gasteiger charge is 2.38. The van der Waals surface area contributed by atoms with Gasteiger partial charge in [-0.25, -0.2) is 18.1 Å². The van der Waals surface area contributed by atoms with E-state index >= 15 is 0 Å². The van der Waals surface area contributed by atoms with Gasteiger partial charge in [-0.05, 0) is 84.0 Å². The van der Waals surface area contributed by atoms with Crippen molar-refractivity contribution in [3.8, 4) is 17.2 Å². The maximum absolute atomic E-state index is 14.1. The Kier molecular flexibility index (Phi) is 11.7. The third-order valence-electron chi connectivity index (χ3n) is 13.0. The normalized spacial score (nSPS) is 20.0. The first kappa shape index (κ1) is 43.8. The number of carbonyl (C=O) groups excluding carboxylic acids is 1. The Morgan fingerprint density at radius 3 is 2.50 bits per heavy atom. The SMILES string of the molecule is CC1(C)CCC(CN2CCN(c3ccc(C(=O)NS(=O)(=O)c4cc5c(c([N+](=O)[O-])c4)C[C@H](CN4CC(C)(C)C4)CO5)c(Oc4cnc5[nH]ccc5c4)c3)CC2)=C(c2ccc(Cl)cc2)C1. The van der Waals surface area contributed by atoms with Crippen molar-refractivity contribution in [2.45, 2.75) is 58.3 Å². The molecule has 2 aromatic heterocycles. The van der Waals surface area contributed by atoms with Gasteiger partial charge in [0.05, 0.1) is 33.7 Å². The number of halogens is 1. The molecule has 0 bridgehead atoms. The molecule has 0 unspecified atom stereocenters. The second-order valence-corrected chi connectivity index (χ2v) is 21.5. The summed E-state index contributed by atoms with van der Waals surface area (Å²) < 4.78 is 42.3. The number of nitro groups is 1. The smallest absolute Gasteiger partial charge is 0.277 e. The third-order valence-corrected chi connectivity index (χ3v) is 14.6. The van der Waals surface area contributed by atoms with Crippen LogP contribution >= 0.6 is 11.6 Å². The molecule has 2 N–H and O–H groups in total. The number of anilines is 1. The van der Waals surface area contributed by atoms with Crippen molar-refractivity contribution in [1.82, 2.24) is 24.5 Å². The average Bonchev–Trinajstić information content (AvgIpc) is 3.72. The molecule has 4 aliphatic rings. The number of sulfonamides is 1. The van der Waals surface area contributed by atoms with Crippen LogP contribution in [0.25, 0.3) is 16.6 Å². The Morgan fingerprint density at radius 2 is 1.77 bits per heavy atom. The van der Waals surface area contributed by atoms with E-state index in [9.17, 15) is 23.3 Å². The lowest BCUT2D eigenvalue weighted by Crippen LogP contribution is -2.55. The average molecular weight is 909 g/mol. The van der Waals surface area contributed by atoms with E-state index in [-0.39, 0.29) is 39.5 Å². The number of fused-ring (bicyclic) bond motifs is 2. The lowest BCUT2D eigenvalue weighted by atomic mass is 9.72. The van der Waals surface area contributed by atoms with E-state index in [0.29, 0.717) is 30.0 Å². The van der Waals surface area contributed by atoms with Crippen molar-refractivity contribution >= 4 is 55.5 Å². The largest absolute Gasteiger partial charge is 0.493 e. The fraction of sp³-hybridized carbons (Fsp3) is 0.417. The van der Waals surface area contributed by atoms with E-state index < -0.39 is 25.7 Å². The van der Waals surface area contributed by atoms with Gasteiger partial charge in [0.15, 0.2) is 0 Å². The van der Waals surface area contributed by atoms with Crippen LogP contribution in [0.1, 0.15) is 68.4 Å². The Morgan fingerprint density at radius 1 is 1.00 bits per heavy atom. The molecule has 5 aromatic rings. The van der Waals surface area contributed by atoms with Gasteiger partial charge in [-0.3, -0.25) is 19.8 Å². The molecule has 0 saturated carbocycles. The molecule has 336 valence electrons. The molecule has 1 aliphatic carbocycles. The van der Waals surface area contributed by atoms with Crippen LogP contribution in [0, 0.1) is 26.9 Å². The van der Waals surface area contributed by atoms with Crippen LogP contribution in [0.2, 0.25) is 5.02 Å². The lowest BCUT2D eigenvalue weighted by Gasteiger charge is -2.47. The van der Waals surface area contributed by atoms with E-state index in [2.05, 4.69) is 69.2 Å². The molecule has 1 atom stereocenters. The highest BCUT2D eigenvalue weighted by atomic mass is 35.5. The zero-order valence-electron chi connectivity index (χ0n) is 36.7. The van der Waals surface area contributed by atoms with Gasteiger partial charge in [0.1, 0.15) is 22.9 Å². The number of H-pyrrole nitrogens is 1. The summed E-state index contributed by atoms with van der Waals surface area (Å²) in [5.74, 6) is -0.330. The van der Waals surface area contributed by atoms with Gasteiger partial charge < -0.3 is 24.3 Å². The van der Waals surface area contributed by atoms with Crippen LogP contribution < -0.4 is 19.1 Å². The first-order chi connectivity index (χ1) is 30.5. The summed E-state index contributed by atoms with van der Waals surface area (Å²) in [7, 11) is -4.62. The Hall–Kier alpha value is -5.48. The van der Waals surface area contributed by atoms with Crippen LogP contribution in [-0.4, -0.2) is 98.0 Å². The number of likely N-dealkylation sites (tertiary alicyclic amines) is 1. The number of rotatable bonds is 12. The van der Waals surface area contributed by atoms with Crippen LogP contribution in [0.15, 0.2) is 89.6 Å². The molecule has 14 nitrogen and oxygen atoms in total. The number of piperazine rings is 1. The quantitative estimate of drug-likeness (QED) is 0.0910. The number of ether oxygens (including phenoxy) is 2. The fourth-order valence-corrected chi connectivity index (χ4v) is 10.9. The van der Waals surface area contributed by atoms with Crippen molar-refractivity contribution < 1.29 is 27.6 Å². The van der Waals surface area contributed by atoms with Gasteiger partial charge in [0.25, 0.3) is 21.6 Å². The predicted octanol–water partition coefficient (Wildman–Crippen LogP) is 8.71. The second kappa shape index (κ2) is 17.1. The number of nitrogens with zero attached hydrogens (tertiary/aromatic N) is 5. The van der Waals surface area contributed by atoms with Crippen molar-refractivity contribution in [2.75, 3.05) is 63.9 Å². The number of aromatic amines is 1. The Bertz CT molecular complexity index is 2750. The predicted molar refractivity (Wildman–Crippen MR) is 248 cm³/mol. The lowest BCUT2D eigenvalue weighted by molar-refractivity contribution is -0.386. The number of benzene rings is 3. The zero-order valence-corrected chi connectivity index (χ0v) is 38.2. The van der Waals surface area contributed by atoms with Crippen LogP contribution in [0.3, 0.4) is 0 Å². The van der Waals surface area contributed by atoms with Crippen LogP contribution in [0.5, 0.6) is 17.2 Å². The number of allylic oxidation sites excluding steroid dienone is 1. The monoisotopic (exact) mass is 907 g/mol. The molecular weight excluding hydrogens is 854 g/mol.